The van der Waals surface area contributed by atoms with Crippen molar-refractivity contribution >= 4 is 45.6 Å². The van der Waals surface area contributed by atoms with Gasteiger partial charge in [0.25, 0.3) is 0 Å². The Kier molecular flexibility index (Phi) is 7.32. The standard InChI is InChI=1S/C26H27ClN4OS2/c1-15-11-21(16-5-8-18(27)9-6-16)30-25(29-15)33-14-23(32)31-24-20(13-28)19-10-7-17(26(2,3)4)12-22(19)34-24/h5-6,8-9,11,17H,7,10,12,14H2,1-4H3,(H,31,32)/t17-/m1/s1. The second-order valence-corrected chi connectivity index (χ2v) is 12.1. The van der Waals surface area contributed by atoms with Gasteiger partial charge in [0.15, 0.2) is 5.16 Å². The number of halogens is 1. The fourth-order valence-corrected chi connectivity index (χ4v) is 6.32. The number of nitrogens with one attached hydrogen (secondary N) is 1. The lowest BCUT2D eigenvalue weighted by atomic mass is 9.72. The molecule has 0 spiro atoms. The number of thiophene rings is 1. The molecule has 8 heteroatoms. The van der Waals surface area contributed by atoms with E-state index in [2.05, 4.69) is 42.1 Å². The van der Waals surface area contributed by atoms with E-state index in [9.17, 15) is 10.1 Å². The number of nitriles is 1. The van der Waals surface area contributed by atoms with Gasteiger partial charge < -0.3 is 5.32 Å². The quantitative estimate of drug-likeness (QED) is 0.297. The number of benzene rings is 1. The number of aromatic nitrogens is 2. The van der Waals surface area contributed by atoms with Crippen LogP contribution < -0.4 is 5.32 Å². The number of thioether (sulfide) groups is 1. The Morgan fingerprint density at radius 2 is 2.03 bits per heavy atom. The van der Waals surface area contributed by atoms with Gasteiger partial charge >= 0.3 is 0 Å². The van der Waals surface area contributed by atoms with Crippen LogP contribution in [0.15, 0.2) is 35.5 Å². The molecular formula is C26H27ClN4OS2. The molecule has 1 amide bonds. The molecular weight excluding hydrogens is 484 g/mol. The number of fused-ring (bicyclic) bond motifs is 1. The first kappa shape index (κ1) is 24.7. The maximum absolute atomic E-state index is 12.8. The highest BCUT2D eigenvalue weighted by atomic mass is 35.5. The van der Waals surface area contributed by atoms with Crippen molar-refractivity contribution in [1.82, 2.24) is 9.97 Å². The molecule has 0 saturated carbocycles. The van der Waals surface area contributed by atoms with E-state index in [4.69, 9.17) is 11.6 Å². The third-order valence-corrected chi connectivity index (χ3v) is 8.43. The SMILES string of the molecule is Cc1cc(-c2ccc(Cl)cc2)nc(SCC(=O)Nc2sc3c(c2C#N)CC[C@@H](C(C)(C)C)C3)n1. The molecule has 0 saturated heterocycles. The Hall–Kier alpha value is -2.40. The third kappa shape index (κ3) is 5.63. The number of rotatable bonds is 5. The highest BCUT2D eigenvalue weighted by Gasteiger charge is 2.32. The van der Waals surface area contributed by atoms with E-state index in [1.165, 1.54) is 16.6 Å². The summed E-state index contributed by atoms with van der Waals surface area (Å²) in [7, 11) is 0. The van der Waals surface area contributed by atoms with E-state index in [-0.39, 0.29) is 17.1 Å². The van der Waals surface area contributed by atoms with Gasteiger partial charge in [0, 0.05) is 21.2 Å². The first-order chi connectivity index (χ1) is 16.1. The lowest BCUT2D eigenvalue weighted by Gasteiger charge is -2.33. The Bertz CT molecular complexity index is 1260. The summed E-state index contributed by atoms with van der Waals surface area (Å²) < 4.78 is 0. The average Bonchev–Trinajstić information content (AvgIpc) is 3.13. The molecule has 0 aliphatic heterocycles. The zero-order valence-corrected chi connectivity index (χ0v) is 22.1. The second-order valence-electron chi connectivity index (χ2n) is 9.65. The van der Waals surface area contributed by atoms with Gasteiger partial charge in [0.2, 0.25) is 5.91 Å². The molecule has 2 aromatic heterocycles. The van der Waals surface area contributed by atoms with Crippen molar-refractivity contribution in [2.45, 2.75) is 52.1 Å². The molecule has 1 aliphatic carbocycles. The molecule has 5 nitrogen and oxygen atoms in total. The zero-order chi connectivity index (χ0) is 24.5. The minimum Gasteiger partial charge on any atom is -0.316 e. The van der Waals surface area contributed by atoms with Crippen molar-refractivity contribution in [3.63, 3.8) is 0 Å². The fraction of sp³-hybridized carbons (Fsp3) is 0.385. The van der Waals surface area contributed by atoms with Crippen molar-refractivity contribution in [3.05, 3.63) is 57.1 Å². The van der Waals surface area contributed by atoms with Gasteiger partial charge in [-0.15, -0.1) is 11.3 Å². The summed E-state index contributed by atoms with van der Waals surface area (Å²) in [6.45, 7) is 8.72. The molecule has 0 radical (unpaired) electrons. The van der Waals surface area contributed by atoms with E-state index in [1.54, 1.807) is 11.3 Å². The van der Waals surface area contributed by atoms with Crippen LogP contribution in [0, 0.1) is 29.6 Å². The molecule has 1 N–H and O–H groups in total. The molecule has 176 valence electrons. The van der Waals surface area contributed by atoms with Crippen LogP contribution in [0.5, 0.6) is 0 Å². The van der Waals surface area contributed by atoms with Crippen LogP contribution in [0.1, 0.15) is 48.9 Å². The Balaban J connectivity index is 1.45. The maximum atomic E-state index is 12.8. The van der Waals surface area contributed by atoms with Crippen molar-refractivity contribution in [3.8, 4) is 17.3 Å². The number of amides is 1. The Morgan fingerprint density at radius 3 is 2.71 bits per heavy atom. The molecule has 2 heterocycles. The third-order valence-electron chi connectivity index (χ3n) is 6.16. The van der Waals surface area contributed by atoms with Crippen LogP contribution in [0.2, 0.25) is 5.02 Å². The van der Waals surface area contributed by atoms with Crippen molar-refractivity contribution in [1.29, 1.82) is 5.26 Å². The average molecular weight is 511 g/mol. The highest BCUT2D eigenvalue weighted by Crippen LogP contribution is 2.44. The van der Waals surface area contributed by atoms with Gasteiger partial charge in [-0.05, 0) is 61.3 Å². The number of hydrogen-bond donors (Lipinski definition) is 1. The van der Waals surface area contributed by atoms with Gasteiger partial charge in [0.1, 0.15) is 11.1 Å². The van der Waals surface area contributed by atoms with Crippen LogP contribution >= 0.6 is 34.7 Å². The molecule has 1 aromatic carbocycles. The summed E-state index contributed by atoms with van der Waals surface area (Å²) in [5.41, 5.74) is 4.53. The van der Waals surface area contributed by atoms with E-state index >= 15 is 0 Å². The summed E-state index contributed by atoms with van der Waals surface area (Å²) in [4.78, 5) is 23.1. The summed E-state index contributed by atoms with van der Waals surface area (Å²) in [6.07, 6.45) is 2.94. The van der Waals surface area contributed by atoms with Gasteiger partial charge in [-0.2, -0.15) is 5.26 Å². The fourth-order valence-electron chi connectivity index (χ4n) is 4.20. The molecule has 0 unspecified atom stereocenters. The zero-order valence-electron chi connectivity index (χ0n) is 19.7. The Morgan fingerprint density at radius 1 is 1.29 bits per heavy atom. The predicted octanol–water partition coefficient (Wildman–Crippen LogP) is 6.92. The van der Waals surface area contributed by atoms with Crippen molar-refractivity contribution < 1.29 is 4.79 Å². The first-order valence-corrected chi connectivity index (χ1v) is 13.4. The van der Waals surface area contributed by atoms with E-state index < -0.39 is 0 Å². The van der Waals surface area contributed by atoms with Crippen LogP contribution in [0.25, 0.3) is 11.3 Å². The van der Waals surface area contributed by atoms with Crippen molar-refractivity contribution in [2.24, 2.45) is 11.3 Å². The largest absolute Gasteiger partial charge is 0.316 e. The number of carbonyl (C=O) groups excluding carboxylic acids is 1. The summed E-state index contributed by atoms with van der Waals surface area (Å²) in [6, 6.07) is 11.7. The smallest absolute Gasteiger partial charge is 0.235 e. The summed E-state index contributed by atoms with van der Waals surface area (Å²) in [5.74, 6) is 0.588. The van der Waals surface area contributed by atoms with E-state index in [0.29, 0.717) is 26.7 Å². The van der Waals surface area contributed by atoms with E-state index in [1.807, 2.05) is 37.3 Å². The molecule has 0 fully saturated rings. The van der Waals surface area contributed by atoms with Crippen LogP contribution in [0.4, 0.5) is 5.00 Å². The maximum Gasteiger partial charge on any atom is 0.235 e. The summed E-state index contributed by atoms with van der Waals surface area (Å²) in [5, 5.41) is 14.6. The second kappa shape index (κ2) is 10.1. The number of carbonyl (C=O) groups is 1. The number of aryl methyl sites for hydroxylation is 1. The molecule has 1 atom stereocenters. The number of anilines is 1. The molecule has 0 bridgehead atoms. The van der Waals surface area contributed by atoms with Crippen LogP contribution in [-0.2, 0) is 17.6 Å². The molecule has 4 rings (SSSR count). The predicted molar refractivity (Wildman–Crippen MR) is 141 cm³/mol. The lowest BCUT2D eigenvalue weighted by molar-refractivity contribution is -0.113. The van der Waals surface area contributed by atoms with Gasteiger partial charge in [-0.1, -0.05) is 56.3 Å². The number of hydrogen-bond acceptors (Lipinski definition) is 6. The topological polar surface area (TPSA) is 78.7 Å². The first-order valence-electron chi connectivity index (χ1n) is 11.2. The lowest BCUT2D eigenvalue weighted by Crippen LogP contribution is -2.26. The minimum absolute atomic E-state index is 0.161. The number of nitrogens with zero attached hydrogens (tertiary/aromatic N) is 3. The van der Waals surface area contributed by atoms with Gasteiger partial charge in [0.05, 0.1) is 17.0 Å². The van der Waals surface area contributed by atoms with Crippen LogP contribution in [0.3, 0.4) is 0 Å². The van der Waals surface area contributed by atoms with Gasteiger partial charge in [-0.3, -0.25) is 4.79 Å². The minimum atomic E-state index is -0.161. The van der Waals surface area contributed by atoms with Crippen LogP contribution in [-0.4, -0.2) is 21.6 Å². The molecule has 34 heavy (non-hydrogen) atoms. The monoisotopic (exact) mass is 510 g/mol. The van der Waals surface area contributed by atoms with Crippen molar-refractivity contribution in [2.75, 3.05) is 11.1 Å². The summed E-state index contributed by atoms with van der Waals surface area (Å²) >= 11 is 8.84. The highest BCUT2D eigenvalue weighted by molar-refractivity contribution is 7.99. The Labute approximate surface area is 214 Å². The molecule has 1 aliphatic rings. The van der Waals surface area contributed by atoms with Gasteiger partial charge in [-0.25, -0.2) is 9.97 Å². The van der Waals surface area contributed by atoms with E-state index in [0.717, 1.165) is 41.8 Å². The normalized spacial score (nSPS) is 15.5. The molecule has 3 aromatic rings.